The number of nitrogens with one attached hydrogen (secondary N) is 1. The molecule has 0 aromatic heterocycles. The first-order chi connectivity index (χ1) is 7.04. The summed E-state index contributed by atoms with van der Waals surface area (Å²) in [6.07, 6.45) is 5.76. The average Bonchev–Trinajstić information content (AvgIpc) is 2.18. The fourth-order valence-corrected chi connectivity index (χ4v) is 2.97. The third-order valence-corrected chi connectivity index (χ3v) is 4.38. The van der Waals surface area contributed by atoms with Gasteiger partial charge in [0.2, 0.25) is 10.0 Å². The van der Waals surface area contributed by atoms with Gasteiger partial charge in [0.1, 0.15) is 0 Å². The Bertz CT molecular complexity index is 269. The van der Waals surface area contributed by atoms with Gasteiger partial charge in [0.25, 0.3) is 0 Å². The summed E-state index contributed by atoms with van der Waals surface area (Å²) in [5.41, 5.74) is 0. The Balaban J connectivity index is 2.24. The summed E-state index contributed by atoms with van der Waals surface area (Å²) in [5.74, 6) is 0.719. The van der Waals surface area contributed by atoms with Crippen LogP contribution in [0.25, 0.3) is 0 Å². The van der Waals surface area contributed by atoms with Gasteiger partial charge in [0.05, 0.1) is 6.26 Å². The second-order valence-electron chi connectivity index (χ2n) is 4.35. The van der Waals surface area contributed by atoms with E-state index in [4.69, 9.17) is 0 Å². The van der Waals surface area contributed by atoms with E-state index in [1.165, 1.54) is 19.1 Å². The second kappa shape index (κ2) is 5.82. The molecule has 1 heterocycles. The van der Waals surface area contributed by atoms with Crippen LogP contribution >= 0.6 is 0 Å². The molecule has 0 radical (unpaired) electrons. The molecule has 1 rings (SSSR count). The van der Waals surface area contributed by atoms with E-state index in [0.717, 1.165) is 25.3 Å². The minimum absolute atomic E-state index is 0.711. The molecule has 0 aromatic rings. The van der Waals surface area contributed by atoms with Crippen LogP contribution in [-0.4, -0.2) is 45.7 Å². The van der Waals surface area contributed by atoms with Crippen molar-refractivity contribution in [1.29, 1.82) is 0 Å². The lowest BCUT2D eigenvalue weighted by Crippen LogP contribution is -2.37. The molecule has 0 unspecified atom stereocenters. The van der Waals surface area contributed by atoms with Crippen molar-refractivity contribution in [2.24, 2.45) is 5.92 Å². The molecule has 0 amide bonds. The van der Waals surface area contributed by atoms with Crippen LogP contribution in [0.3, 0.4) is 0 Å². The van der Waals surface area contributed by atoms with Crippen molar-refractivity contribution in [3.63, 3.8) is 0 Å². The van der Waals surface area contributed by atoms with Crippen LogP contribution in [0.5, 0.6) is 0 Å². The lowest BCUT2D eigenvalue weighted by atomic mass is 9.93. The SMILES string of the molecule is CNCCCC1CCN(S(C)(=O)=O)CC1. The molecule has 5 heteroatoms. The molecule has 0 atom stereocenters. The van der Waals surface area contributed by atoms with Crippen LogP contribution < -0.4 is 5.32 Å². The highest BCUT2D eigenvalue weighted by Gasteiger charge is 2.24. The van der Waals surface area contributed by atoms with Crippen molar-refractivity contribution in [3.05, 3.63) is 0 Å². The van der Waals surface area contributed by atoms with Crippen molar-refractivity contribution >= 4 is 10.0 Å². The largest absolute Gasteiger partial charge is 0.320 e. The Kier molecular flexibility index (Phi) is 5.02. The summed E-state index contributed by atoms with van der Waals surface area (Å²) < 4.78 is 24.1. The van der Waals surface area contributed by atoms with E-state index >= 15 is 0 Å². The van der Waals surface area contributed by atoms with Gasteiger partial charge in [-0.1, -0.05) is 0 Å². The zero-order valence-electron chi connectivity index (χ0n) is 9.70. The number of nitrogens with zero attached hydrogens (tertiary/aromatic N) is 1. The molecule has 0 aliphatic carbocycles. The maximum absolute atomic E-state index is 11.3. The molecular weight excluding hydrogens is 212 g/mol. The Morgan fingerprint density at radius 1 is 1.33 bits per heavy atom. The number of sulfonamides is 1. The van der Waals surface area contributed by atoms with Gasteiger partial charge in [-0.15, -0.1) is 0 Å². The minimum atomic E-state index is -2.95. The first kappa shape index (κ1) is 12.9. The van der Waals surface area contributed by atoms with E-state index in [2.05, 4.69) is 5.32 Å². The average molecular weight is 234 g/mol. The van der Waals surface area contributed by atoms with Crippen LogP contribution in [0.15, 0.2) is 0 Å². The quantitative estimate of drug-likeness (QED) is 0.711. The smallest absolute Gasteiger partial charge is 0.211 e. The van der Waals surface area contributed by atoms with Gasteiger partial charge < -0.3 is 5.32 Å². The third kappa shape index (κ3) is 4.49. The monoisotopic (exact) mass is 234 g/mol. The van der Waals surface area contributed by atoms with Gasteiger partial charge >= 0.3 is 0 Å². The van der Waals surface area contributed by atoms with E-state index in [1.807, 2.05) is 7.05 Å². The normalized spacial score (nSPS) is 20.7. The fraction of sp³-hybridized carbons (Fsp3) is 1.00. The van der Waals surface area contributed by atoms with Crippen LogP contribution in [0.2, 0.25) is 0 Å². The third-order valence-electron chi connectivity index (χ3n) is 3.08. The van der Waals surface area contributed by atoms with Gasteiger partial charge in [-0.25, -0.2) is 12.7 Å². The van der Waals surface area contributed by atoms with Crippen LogP contribution in [0.1, 0.15) is 25.7 Å². The van der Waals surface area contributed by atoms with Gasteiger partial charge in [-0.05, 0) is 45.2 Å². The van der Waals surface area contributed by atoms with Crippen molar-refractivity contribution in [3.8, 4) is 0 Å². The van der Waals surface area contributed by atoms with Crippen molar-refractivity contribution in [1.82, 2.24) is 9.62 Å². The Morgan fingerprint density at radius 2 is 1.93 bits per heavy atom. The highest BCUT2D eigenvalue weighted by atomic mass is 32.2. The molecule has 0 spiro atoms. The van der Waals surface area contributed by atoms with Crippen molar-refractivity contribution in [2.45, 2.75) is 25.7 Å². The molecule has 4 nitrogen and oxygen atoms in total. The zero-order valence-corrected chi connectivity index (χ0v) is 10.5. The molecule has 90 valence electrons. The topological polar surface area (TPSA) is 49.4 Å². The maximum atomic E-state index is 11.3. The fourth-order valence-electron chi connectivity index (χ4n) is 2.10. The highest BCUT2D eigenvalue weighted by molar-refractivity contribution is 7.88. The summed E-state index contributed by atoms with van der Waals surface area (Å²) in [4.78, 5) is 0. The van der Waals surface area contributed by atoms with Crippen LogP contribution in [0.4, 0.5) is 0 Å². The van der Waals surface area contributed by atoms with E-state index in [9.17, 15) is 8.42 Å². The van der Waals surface area contributed by atoms with E-state index < -0.39 is 10.0 Å². The molecule has 0 saturated carbocycles. The molecule has 1 aliphatic rings. The number of hydrogen-bond donors (Lipinski definition) is 1. The van der Waals surface area contributed by atoms with Crippen LogP contribution in [0, 0.1) is 5.92 Å². The predicted octanol–water partition coefficient (Wildman–Crippen LogP) is 0.658. The first-order valence-corrected chi connectivity index (χ1v) is 7.48. The number of rotatable bonds is 5. The summed E-state index contributed by atoms with van der Waals surface area (Å²) >= 11 is 0. The lowest BCUT2D eigenvalue weighted by molar-refractivity contribution is 0.261. The summed E-state index contributed by atoms with van der Waals surface area (Å²) in [6, 6.07) is 0. The van der Waals surface area contributed by atoms with Gasteiger partial charge in [0, 0.05) is 13.1 Å². The standard InChI is InChI=1S/C10H22N2O2S/c1-11-7-3-4-10-5-8-12(9-6-10)15(2,13)14/h10-11H,3-9H2,1-2H3. The molecule has 1 aliphatic heterocycles. The predicted molar refractivity (Wildman–Crippen MR) is 62.3 cm³/mol. The minimum Gasteiger partial charge on any atom is -0.320 e. The van der Waals surface area contributed by atoms with Gasteiger partial charge in [0.15, 0.2) is 0 Å². The van der Waals surface area contributed by atoms with E-state index in [0.29, 0.717) is 13.1 Å². The Morgan fingerprint density at radius 3 is 2.40 bits per heavy atom. The molecule has 15 heavy (non-hydrogen) atoms. The summed E-state index contributed by atoms with van der Waals surface area (Å²) in [7, 11) is -0.989. The lowest BCUT2D eigenvalue weighted by Gasteiger charge is -2.30. The van der Waals surface area contributed by atoms with Gasteiger partial charge in [-0.2, -0.15) is 0 Å². The van der Waals surface area contributed by atoms with E-state index in [1.54, 1.807) is 4.31 Å². The summed E-state index contributed by atoms with van der Waals surface area (Å²) in [6.45, 7) is 2.48. The van der Waals surface area contributed by atoms with Crippen LogP contribution in [-0.2, 0) is 10.0 Å². The molecule has 0 aromatic carbocycles. The first-order valence-electron chi connectivity index (χ1n) is 5.63. The number of hydrogen-bond acceptors (Lipinski definition) is 3. The highest BCUT2D eigenvalue weighted by Crippen LogP contribution is 2.22. The molecular formula is C10H22N2O2S. The van der Waals surface area contributed by atoms with Crippen molar-refractivity contribution in [2.75, 3.05) is 32.9 Å². The molecule has 1 fully saturated rings. The maximum Gasteiger partial charge on any atom is 0.211 e. The Hall–Kier alpha value is -0.130. The zero-order chi connectivity index (χ0) is 11.3. The van der Waals surface area contributed by atoms with Crippen molar-refractivity contribution < 1.29 is 8.42 Å². The molecule has 1 N–H and O–H groups in total. The second-order valence-corrected chi connectivity index (χ2v) is 6.33. The summed E-state index contributed by atoms with van der Waals surface area (Å²) in [5, 5.41) is 3.13. The molecule has 0 bridgehead atoms. The van der Waals surface area contributed by atoms with E-state index in [-0.39, 0.29) is 0 Å². The number of piperidine rings is 1. The molecule has 1 saturated heterocycles. The van der Waals surface area contributed by atoms with Gasteiger partial charge in [-0.3, -0.25) is 0 Å². The Labute approximate surface area is 93.1 Å².